The normalized spacial score (nSPS) is 15.6. The van der Waals surface area contributed by atoms with Crippen molar-refractivity contribution in [2.45, 2.75) is 12.8 Å². The molecule has 0 heterocycles. The molecule has 0 N–H and O–H groups in total. The molecule has 14 heavy (non-hydrogen) atoms. The van der Waals surface area contributed by atoms with Gasteiger partial charge < -0.3 is 0 Å². The van der Waals surface area contributed by atoms with Crippen LogP contribution >= 0.6 is 0 Å². The zero-order valence-corrected chi connectivity index (χ0v) is 7.85. The van der Waals surface area contributed by atoms with Gasteiger partial charge in [-0.15, -0.1) is 0 Å². The Morgan fingerprint density at radius 3 is 3.07 bits per heavy atom. The molecule has 0 aromatic heterocycles. The van der Waals surface area contributed by atoms with Gasteiger partial charge in [0.15, 0.2) is 0 Å². The van der Waals surface area contributed by atoms with Crippen LogP contribution < -0.4 is 0 Å². The zero-order chi connectivity index (χ0) is 9.80. The Hall–Kier alpha value is -1.73. The summed E-state index contributed by atoms with van der Waals surface area (Å²) in [4.78, 5) is 2.72. The fraction of sp³-hybridized carbons (Fsp3) is 0.273. The molecule has 3 nitrogen and oxygen atoms in total. The van der Waals surface area contributed by atoms with Crippen LogP contribution in [-0.2, 0) is 6.42 Å². The van der Waals surface area contributed by atoms with Crippen LogP contribution in [0.3, 0.4) is 0 Å². The lowest BCUT2D eigenvalue weighted by Crippen LogP contribution is -2.06. The molecule has 3 heteroatoms. The Labute approximate surface area is 82.7 Å². The Morgan fingerprint density at radius 2 is 2.29 bits per heavy atom. The van der Waals surface area contributed by atoms with Gasteiger partial charge in [0.25, 0.3) is 0 Å². The van der Waals surface area contributed by atoms with Gasteiger partial charge in [0, 0.05) is 11.5 Å². The zero-order valence-electron chi connectivity index (χ0n) is 7.85. The molecule has 0 fully saturated rings. The molecule has 0 unspecified atom stereocenters. The van der Waals surface area contributed by atoms with Gasteiger partial charge in [-0.05, 0) is 35.1 Å². The molecule has 0 aliphatic heterocycles. The highest BCUT2D eigenvalue weighted by molar-refractivity contribution is 5.79. The van der Waals surface area contributed by atoms with Crippen molar-refractivity contribution in [1.82, 2.24) is 0 Å². The van der Waals surface area contributed by atoms with Gasteiger partial charge in [0.1, 0.15) is 0 Å². The topological polar surface area (TPSA) is 48.8 Å². The van der Waals surface area contributed by atoms with Crippen molar-refractivity contribution >= 4 is 5.57 Å². The summed E-state index contributed by atoms with van der Waals surface area (Å²) in [5, 5.41) is 3.49. The van der Waals surface area contributed by atoms with Crippen molar-refractivity contribution in [2.24, 2.45) is 5.11 Å². The minimum atomic E-state index is 0.558. The van der Waals surface area contributed by atoms with Gasteiger partial charge in [-0.2, -0.15) is 0 Å². The Bertz CT molecular complexity index is 414. The first-order chi connectivity index (χ1) is 6.92. The molecule has 1 aromatic carbocycles. The number of rotatable bonds is 3. The molecular weight excluding hydrogens is 174 g/mol. The van der Waals surface area contributed by atoms with Crippen LogP contribution in [0.5, 0.6) is 0 Å². The summed E-state index contributed by atoms with van der Waals surface area (Å²) in [5.41, 5.74) is 12.3. The van der Waals surface area contributed by atoms with Gasteiger partial charge in [-0.1, -0.05) is 35.5 Å². The second kappa shape index (κ2) is 3.99. The summed E-state index contributed by atoms with van der Waals surface area (Å²) in [6, 6.07) is 8.41. The van der Waals surface area contributed by atoms with E-state index in [0.29, 0.717) is 6.54 Å². The molecule has 1 aliphatic rings. The number of hydrogen-bond donors (Lipinski definition) is 0. The Balaban J connectivity index is 2.01. The molecule has 2 rings (SSSR count). The van der Waals surface area contributed by atoms with E-state index in [4.69, 9.17) is 5.53 Å². The molecule has 0 atom stereocenters. The maximum Gasteiger partial charge on any atom is 0.0292 e. The largest absolute Gasteiger partial charge is 0.0937 e. The number of hydrogen-bond acceptors (Lipinski definition) is 1. The highest BCUT2D eigenvalue weighted by Crippen LogP contribution is 2.33. The number of azide groups is 1. The number of fused-ring (bicyclic) bond motifs is 1. The number of nitrogens with zero attached hydrogens (tertiary/aromatic N) is 3. The summed E-state index contributed by atoms with van der Waals surface area (Å²) in [6.45, 7) is 0.558. The lowest BCUT2D eigenvalue weighted by molar-refractivity contribution is 0.983. The minimum Gasteiger partial charge on any atom is -0.0937 e. The van der Waals surface area contributed by atoms with E-state index in [1.165, 1.54) is 16.7 Å². The van der Waals surface area contributed by atoms with Crippen molar-refractivity contribution in [3.63, 3.8) is 0 Å². The van der Waals surface area contributed by atoms with E-state index >= 15 is 0 Å². The first-order valence-electron chi connectivity index (χ1n) is 4.70. The Morgan fingerprint density at radius 1 is 1.43 bits per heavy atom. The SMILES string of the molecule is [N-]=[N+]=NCC/C=C1/Cc2ccccc21. The molecule has 0 amide bonds. The van der Waals surface area contributed by atoms with Gasteiger partial charge in [0.2, 0.25) is 0 Å². The maximum absolute atomic E-state index is 8.10. The average molecular weight is 185 g/mol. The summed E-state index contributed by atoms with van der Waals surface area (Å²) >= 11 is 0. The predicted octanol–water partition coefficient (Wildman–Crippen LogP) is 3.33. The first kappa shape index (κ1) is 8.85. The molecule has 1 aromatic rings. The molecule has 0 spiro atoms. The number of benzene rings is 1. The van der Waals surface area contributed by atoms with Crippen LogP contribution in [0.4, 0.5) is 0 Å². The van der Waals surface area contributed by atoms with Crippen LogP contribution in [0.1, 0.15) is 17.5 Å². The third-order valence-electron chi connectivity index (χ3n) is 2.43. The van der Waals surface area contributed by atoms with Crippen molar-refractivity contribution in [1.29, 1.82) is 0 Å². The second-order valence-electron chi connectivity index (χ2n) is 3.31. The lowest BCUT2D eigenvalue weighted by atomic mass is 9.82. The van der Waals surface area contributed by atoms with Crippen LogP contribution in [0, 0.1) is 0 Å². The first-order valence-corrected chi connectivity index (χ1v) is 4.70. The standard InChI is InChI=1S/C11H11N3/c12-14-13-7-3-5-10-8-9-4-1-2-6-11(9)10/h1-2,4-6H,3,7-8H2/b10-5-. The lowest BCUT2D eigenvalue weighted by Gasteiger charge is -2.22. The van der Waals surface area contributed by atoms with E-state index in [9.17, 15) is 0 Å². The van der Waals surface area contributed by atoms with Gasteiger partial charge in [0.05, 0.1) is 0 Å². The fourth-order valence-electron chi connectivity index (χ4n) is 1.70. The van der Waals surface area contributed by atoms with Crippen molar-refractivity contribution in [3.05, 3.63) is 51.9 Å². The summed E-state index contributed by atoms with van der Waals surface area (Å²) < 4.78 is 0. The van der Waals surface area contributed by atoms with Crippen molar-refractivity contribution < 1.29 is 0 Å². The Kier molecular flexibility index (Phi) is 2.52. The van der Waals surface area contributed by atoms with Gasteiger partial charge in [-0.3, -0.25) is 0 Å². The molecule has 0 saturated carbocycles. The monoisotopic (exact) mass is 185 g/mol. The smallest absolute Gasteiger partial charge is 0.0292 e. The van der Waals surface area contributed by atoms with E-state index < -0.39 is 0 Å². The molecule has 70 valence electrons. The van der Waals surface area contributed by atoms with Crippen LogP contribution in [0.2, 0.25) is 0 Å². The average Bonchev–Trinajstić information content (AvgIpc) is 2.19. The predicted molar refractivity (Wildman–Crippen MR) is 56.8 cm³/mol. The van der Waals surface area contributed by atoms with Crippen LogP contribution in [-0.4, -0.2) is 6.54 Å². The molecule has 0 radical (unpaired) electrons. The molecule has 0 bridgehead atoms. The maximum atomic E-state index is 8.10. The van der Waals surface area contributed by atoms with Crippen molar-refractivity contribution in [2.75, 3.05) is 6.54 Å². The second-order valence-corrected chi connectivity index (χ2v) is 3.31. The summed E-state index contributed by atoms with van der Waals surface area (Å²) in [6.07, 6.45) is 4.07. The van der Waals surface area contributed by atoms with Crippen LogP contribution in [0.25, 0.3) is 16.0 Å². The van der Waals surface area contributed by atoms with Crippen LogP contribution in [0.15, 0.2) is 35.5 Å². The molecule has 0 saturated heterocycles. The highest BCUT2D eigenvalue weighted by Gasteiger charge is 2.16. The quantitative estimate of drug-likeness (QED) is 0.300. The van der Waals surface area contributed by atoms with Gasteiger partial charge >= 0.3 is 0 Å². The minimum absolute atomic E-state index is 0.558. The van der Waals surface area contributed by atoms with E-state index in [1.54, 1.807) is 0 Å². The fourth-order valence-corrected chi connectivity index (χ4v) is 1.70. The van der Waals surface area contributed by atoms with Gasteiger partial charge in [-0.25, -0.2) is 0 Å². The van der Waals surface area contributed by atoms with E-state index in [2.05, 4.69) is 40.4 Å². The van der Waals surface area contributed by atoms with E-state index in [-0.39, 0.29) is 0 Å². The van der Waals surface area contributed by atoms with Crippen molar-refractivity contribution in [3.8, 4) is 0 Å². The summed E-state index contributed by atoms with van der Waals surface area (Å²) in [5.74, 6) is 0. The highest BCUT2D eigenvalue weighted by atomic mass is 15.1. The molecular formula is C11H11N3. The third-order valence-corrected chi connectivity index (χ3v) is 2.43. The van der Waals surface area contributed by atoms with E-state index in [1.807, 2.05) is 0 Å². The third kappa shape index (κ3) is 1.63. The van der Waals surface area contributed by atoms with E-state index in [0.717, 1.165) is 12.8 Å². The number of allylic oxidation sites excluding steroid dienone is 1. The molecule has 1 aliphatic carbocycles. The summed E-state index contributed by atoms with van der Waals surface area (Å²) in [7, 11) is 0.